The van der Waals surface area contributed by atoms with E-state index in [9.17, 15) is 9.59 Å². The minimum absolute atomic E-state index is 0.0232. The van der Waals surface area contributed by atoms with Crippen molar-refractivity contribution in [1.29, 1.82) is 0 Å². The Morgan fingerprint density at radius 2 is 1.59 bits per heavy atom. The normalized spacial score (nSPS) is 10.4. The molecule has 1 aromatic heterocycles. The van der Waals surface area contributed by atoms with E-state index >= 15 is 0 Å². The van der Waals surface area contributed by atoms with Gasteiger partial charge in [0, 0.05) is 5.56 Å². The van der Waals surface area contributed by atoms with Gasteiger partial charge in [0.15, 0.2) is 0 Å². The Labute approximate surface area is 130 Å². The first-order valence-electron chi connectivity index (χ1n) is 7.73. The van der Waals surface area contributed by atoms with Crippen molar-refractivity contribution in [2.45, 2.75) is 47.0 Å². The first-order valence-corrected chi connectivity index (χ1v) is 7.73. The van der Waals surface area contributed by atoms with Crippen molar-refractivity contribution in [3.8, 4) is 5.95 Å². The van der Waals surface area contributed by atoms with Crippen molar-refractivity contribution in [3.63, 3.8) is 0 Å². The highest BCUT2D eigenvalue weighted by Gasteiger charge is 2.31. The average molecular weight is 312 g/mol. The van der Waals surface area contributed by atoms with Crippen LogP contribution in [0.3, 0.4) is 0 Å². The molecule has 0 N–H and O–H groups in total. The topological polar surface area (TPSA) is 75.0 Å². The standard InChI is InChI=1S/C16H24O6/c1-5-9-10-11-12(14(17)19-6-2)16(21-8-4)22-13(11)15(18)20-7-3/h5-10H2,1-4H3. The molecule has 0 fully saturated rings. The molecule has 1 heterocycles. The Kier molecular flexibility index (Phi) is 7.49. The number of ether oxygens (including phenoxy) is 3. The Balaban J connectivity index is 3.33. The molecule has 0 aliphatic rings. The number of carbonyl (C=O) groups excluding carboxylic acids is 2. The maximum atomic E-state index is 12.2. The van der Waals surface area contributed by atoms with Gasteiger partial charge < -0.3 is 18.6 Å². The monoisotopic (exact) mass is 312 g/mol. The SMILES string of the molecule is CCCCc1c(C(=O)OCC)oc(OCC)c1C(=O)OCC. The molecule has 1 aromatic rings. The molecule has 0 aliphatic heterocycles. The highest BCUT2D eigenvalue weighted by molar-refractivity contribution is 5.98. The van der Waals surface area contributed by atoms with Crippen LogP contribution in [0.5, 0.6) is 5.95 Å². The summed E-state index contributed by atoms with van der Waals surface area (Å²) in [4.78, 5) is 24.3. The highest BCUT2D eigenvalue weighted by Crippen LogP contribution is 2.32. The Morgan fingerprint density at radius 3 is 2.14 bits per heavy atom. The van der Waals surface area contributed by atoms with Gasteiger partial charge in [0.1, 0.15) is 5.56 Å². The van der Waals surface area contributed by atoms with Crippen molar-refractivity contribution in [2.75, 3.05) is 19.8 Å². The highest BCUT2D eigenvalue weighted by atomic mass is 16.6. The van der Waals surface area contributed by atoms with Crippen LogP contribution in [0.4, 0.5) is 0 Å². The predicted molar refractivity (Wildman–Crippen MR) is 80.4 cm³/mol. The van der Waals surface area contributed by atoms with Gasteiger partial charge in [0.2, 0.25) is 5.76 Å². The number of hydrogen-bond donors (Lipinski definition) is 0. The summed E-state index contributed by atoms with van der Waals surface area (Å²) in [5.74, 6) is -1.08. The van der Waals surface area contributed by atoms with Gasteiger partial charge in [-0.3, -0.25) is 0 Å². The summed E-state index contributed by atoms with van der Waals surface area (Å²) in [6, 6.07) is 0. The number of hydrogen-bond acceptors (Lipinski definition) is 6. The molecule has 0 saturated carbocycles. The number of unbranched alkanes of at least 4 members (excludes halogenated alkanes) is 1. The zero-order chi connectivity index (χ0) is 16.5. The fraction of sp³-hybridized carbons (Fsp3) is 0.625. The molecular formula is C16H24O6. The largest absolute Gasteiger partial charge is 0.465 e. The summed E-state index contributed by atoms with van der Waals surface area (Å²) in [6.45, 7) is 8.00. The molecule has 0 amide bonds. The lowest BCUT2D eigenvalue weighted by atomic mass is 10.0. The second-order valence-corrected chi connectivity index (χ2v) is 4.55. The van der Waals surface area contributed by atoms with E-state index in [4.69, 9.17) is 18.6 Å². The van der Waals surface area contributed by atoms with Crippen molar-refractivity contribution < 1.29 is 28.2 Å². The third kappa shape index (κ3) is 4.26. The summed E-state index contributed by atoms with van der Waals surface area (Å²) in [5, 5.41) is 0. The molecule has 0 aliphatic carbocycles. The van der Waals surface area contributed by atoms with Gasteiger partial charge in [-0.1, -0.05) is 13.3 Å². The van der Waals surface area contributed by atoms with Crippen LogP contribution in [0, 0.1) is 0 Å². The summed E-state index contributed by atoms with van der Waals surface area (Å²) in [5.41, 5.74) is 0.697. The van der Waals surface area contributed by atoms with Crippen LogP contribution in [0.15, 0.2) is 4.42 Å². The Bertz CT molecular complexity index is 503. The van der Waals surface area contributed by atoms with Crippen LogP contribution < -0.4 is 4.74 Å². The third-order valence-corrected chi connectivity index (χ3v) is 2.97. The van der Waals surface area contributed by atoms with Gasteiger partial charge in [-0.15, -0.1) is 0 Å². The quantitative estimate of drug-likeness (QED) is 0.651. The summed E-state index contributed by atoms with van der Waals surface area (Å²) in [7, 11) is 0. The van der Waals surface area contributed by atoms with Crippen LogP contribution >= 0.6 is 0 Å². The minimum atomic E-state index is -0.592. The molecular weight excluding hydrogens is 288 g/mol. The van der Waals surface area contributed by atoms with E-state index in [1.807, 2.05) is 6.92 Å². The Morgan fingerprint density at radius 1 is 0.955 bits per heavy atom. The van der Waals surface area contributed by atoms with Gasteiger partial charge in [0.25, 0.3) is 0 Å². The van der Waals surface area contributed by atoms with E-state index in [1.54, 1.807) is 20.8 Å². The van der Waals surface area contributed by atoms with E-state index in [2.05, 4.69) is 0 Å². The fourth-order valence-corrected chi connectivity index (χ4v) is 2.04. The van der Waals surface area contributed by atoms with Crippen molar-refractivity contribution in [1.82, 2.24) is 0 Å². The van der Waals surface area contributed by atoms with E-state index < -0.39 is 11.9 Å². The van der Waals surface area contributed by atoms with Crippen LogP contribution in [0.25, 0.3) is 0 Å². The fourth-order valence-electron chi connectivity index (χ4n) is 2.04. The second-order valence-electron chi connectivity index (χ2n) is 4.55. The molecule has 0 aromatic carbocycles. The molecule has 0 saturated heterocycles. The molecule has 0 radical (unpaired) electrons. The maximum absolute atomic E-state index is 12.2. The maximum Gasteiger partial charge on any atom is 0.374 e. The number of carbonyl (C=O) groups is 2. The number of esters is 2. The Hall–Kier alpha value is -1.98. The molecule has 0 unspecified atom stereocenters. The second kappa shape index (κ2) is 9.12. The van der Waals surface area contributed by atoms with E-state index in [0.717, 1.165) is 12.8 Å². The number of rotatable bonds is 9. The lowest BCUT2D eigenvalue weighted by Gasteiger charge is -2.05. The lowest BCUT2D eigenvalue weighted by molar-refractivity contribution is 0.0475. The van der Waals surface area contributed by atoms with Gasteiger partial charge in [-0.2, -0.15) is 0 Å². The smallest absolute Gasteiger partial charge is 0.374 e. The van der Waals surface area contributed by atoms with Crippen LogP contribution in [0.2, 0.25) is 0 Å². The van der Waals surface area contributed by atoms with Crippen molar-refractivity contribution in [2.24, 2.45) is 0 Å². The molecule has 6 nitrogen and oxygen atoms in total. The number of furan rings is 1. The first kappa shape index (κ1) is 18.1. The molecule has 0 atom stereocenters. The zero-order valence-electron chi connectivity index (χ0n) is 13.7. The molecule has 22 heavy (non-hydrogen) atoms. The summed E-state index contributed by atoms with van der Waals surface area (Å²) < 4.78 is 20.9. The van der Waals surface area contributed by atoms with Crippen molar-refractivity contribution in [3.05, 3.63) is 16.9 Å². The summed E-state index contributed by atoms with van der Waals surface area (Å²) >= 11 is 0. The van der Waals surface area contributed by atoms with Crippen LogP contribution in [0.1, 0.15) is 67.0 Å². The minimum Gasteiger partial charge on any atom is -0.465 e. The first-order chi connectivity index (χ1) is 10.6. The molecule has 0 spiro atoms. The van der Waals surface area contributed by atoms with E-state index in [-0.39, 0.29) is 30.5 Å². The van der Waals surface area contributed by atoms with E-state index in [0.29, 0.717) is 18.6 Å². The lowest BCUT2D eigenvalue weighted by Crippen LogP contribution is -2.11. The van der Waals surface area contributed by atoms with Gasteiger partial charge in [-0.25, -0.2) is 9.59 Å². The average Bonchev–Trinajstić information content (AvgIpc) is 2.84. The van der Waals surface area contributed by atoms with Crippen molar-refractivity contribution >= 4 is 11.9 Å². The van der Waals surface area contributed by atoms with Gasteiger partial charge >= 0.3 is 17.9 Å². The molecule has 124 valence electrons. The van der Waals surface area contributed by atoms with Crippen LogP contribution in [-0.2, 0) is 15.9 Å². The zero-order valence-corrected chi connectivity index (χ0v) is 13.7. The van der Waals surface area contributed by atoms with Gasteiger partial charge in [0.05, 0.1) is 19.8 Å². The van der Waals surface area contributed by atoms with Crippen LogP contribution in [-0.4, -0.2) is 31.8 Å². The predicted octanol–water partition coefficient (Wildman–Crippen LogP) is 3.37. The molecule has 0 bridgehead atoms. The summed E-state index contributed by atoms with van der Waals surface area (Å²) in [6.07, 6.45) is 2.25. The molecule has 6 heteroatoms. The molecule has 1 rings (SSSR count). The van der Waals surface area contributed by atoms with Gasteiger partial charge in [-0.05, 0) is 33.6 Å². The third-order valence-electron chi connectivity index (χ3n) is 2.97. The van der Waals surface area contributed by atoms with E-state index in [1.165, 1.54) is 0 Å².